The molecule has 0 aromatic carbocycles. The lowest BCUT2D eigenvalue weighted by atomic mass is 10.1. The van der Waals surface area contributed by atoms with Crippen LogP contribution in [0.5, 0.6) is 5.75 Å². The minimum Gasteiger partial charge on any atom is -0.492 e. The summed E-state index contributed by atoms with van der Waals surface area (Å²) in [5, 5.41) is 3.45. The van der Waals surface area contributed by atoms with Gasteiger partial charge in [0.05, 0.1) is 18.5 Å². The van der Waals surface area contributed by atoms with Gasteiger partial charge in [-0.2, -0.15) is 0 Å². The van der Waals surface area contributed by atoms with Crippen LogP contribution in [0.4, 0.5) is 0 Å². The molecule has 0 saturated heterocycles. The van der Waals surface area contributed by atoms with Crippen LogP contribution in [0.15, 0.2) is 18.3 Å². The SMILES string of the molecule is CCC(C)COc1ccc(CNC2CC2)nc1. The van der Waals surface area contributed by atoms with Gasteiger partial charge in [-0.1, -0.05) is 20.3 Å². The lowest BCUT2D eigenvalue weighted by Gasteiger charge is -2.11. The van der Waals surface area contributed by atoms with Gasteiger partial charge in [0, 0.05) is 12.6 Å². The fourth-order valence-electron chi connectivity index (χ4n) is 1.49. The monoisotopic (exact) mass is 234 g/mol. The standard InChI is InChI=1S/C14H22N2O/c1-3-11(2)10-17-14-7-6-13(16-9-14)8-15-12-4-5-12/h6-7,9,11-12,15H,3-5,8,10H2,1-2H3. The van der Waals surface area contributed by atoms with Crippen molar-refractivity contribution in [2.24, 2.45) is 5.92 Å². The molecule has 0 radical (unpaired) electrons. The third kappa shape index (κ3) is 4.35. The summed E-state index contributed by atoms with van der Waals surface area (Å²) < 4.78 is 5.67. The Labute approximate surface area is 104 Å². The maximum absolute atomic E-state index is 5.67. The van der Waals surface area contributed by atoms with Crippen molar-refractivity contribution in [3.8, 4) is 5.75 Å². The summed E-state index contributed by atoms with van der Waals surface area (Å²) in [6.07, 6.45) is 5.61. The molecule has 2 rings (SSSR count). The van der Waals surface area contributed by atoms with Crippen molar-refractivity contribution in [2.45, 2.75) is 45.7 Å². The summed E-state index contributed by atoms with van der Waals surface area (Å²) in [7, 11) is 0. The fraction of sp³-hybridized carbons (Fsp3) is 0.643. The van der Waals surface area contributed by atoms with Crippen LogP contribution < -0.4 is 10.1 Å². The van der Waals surface area contributed by atoms with Gasteiger partial charge in [0.15, 0.2) is 0 Å². The van der Waals surface area contributed by atoms with Gasteiger partial charge >= 0.3 is 0 Å². The van der Waals surface area contributed by atoms with Crippen molar-refractivity contribution in [1.82, 2.24) is 10.3 Å². The van der Waals surface area contributed by atoms with Gasteiger partial charge in [0.2, 0.25) is 0 Å². The molecule has 17 heavy (non-hydrogen) atoms. The van der Waals surface area contributed by atoms with E-state index in [4.69, 9.17) is 4.74 Å². The van der Waals surface area contributed by atoms with Crippen LogP contribution in [0.3, 0.4) is 0 Å². The third-order valence-electron chi connectivity index (χ3n) is 3.18. The van der Waals surface area contributed by atoms with Gasteiger partial charge in [-0.05, 0) is 30.9 Å². The lowest BCUT2D eigenvalue weighted by molar-refractivity contribution is 0.255. The molecule has 0 amide bonds. The Morgan fingerprint density at radius 3 is 2.88 bits per heavy atom. The van der Waals surface area contributed by atoms with E-state index in [2.05, 4.69) is 24.1 Å². The predicted octanol–water partition coefficient (Wildman–Crippen LogP) is 2.76. The number of nitrogens with zero attached hydrogens (tertiary/aromatic N) is 1. The van der Waals surface area contributed by atoms with Crippen molar-refractivity contribution < 1.29 is 4.74 Å². The quantitative estimate of drug-likeness (QED) is 0.787. The smallest absolute Gasteiger partial charge is 0.137 e. The number of nitrogens with one attached hydrogen (secondary N) is 1. The van der Waals surface area contributed by atoms with E-state index < -0.39 is 0 Å². The van der Waals surface area contributed by atoms with Crippen LogP contribution >= 0.6 is 0 Å². The summed E-state index contributed by atoms with van der Waals surface area (Å²) in [6.45, 7) is 6.02. The first-order chi connectivity index (χ1) is 8.28. The molecule has 0 spiro atoms. The normalized spacial score (nSPS) is 16.8. The van der Waals surface area contributed by atoms with E-state index in [1.807, 2.05) is 18.3 Å². The number of pyridine rings is 1. The molecule has 1 heterocycles. The molecule has 0 aliphatic heterocycles. The molecule has 1 aliphatic carbocycles. The van der Waals surface area contributed by atoms with E-state index in [1.165, 1.54) is 12.8 Å². The first-order valence-electron chi connectivity index (χ1n) is 6.59. The second-order valence-electron chi connectivity index (χ2n) is 4.96. The molecule has 94 valence electrons. The molecule has 3 nitrogen and oxygen atoms in total. The average molecular weight is 234 g/mol. The van der Waals surface area contributed by atoms with Crippen LogP contribution in [0.1, 0.15) is 38.8 Å². The number of aromatic nitrogens is 1. The molecule has 1 aliphatic rings. The van der Waals surface area contributed by atoms with Crippen LogP contribution in [0.2, 0.25) is 0 Å². The van der Waals surface area contributed by atoms with E-state index >= 15 is 0 Å². The molecule has 3 heteroatoms. The third-order valence-corrected chi connectivity index (χ3v) is 3.18. The Bertz CT molecular complexity index is 333. The highest BCUT2D eigenvalue weighted by atomic mass is 16.5. The van der Waals surface area contributed by atoms with Crippen LogP contribution in [-0.2, 0) is 6.54 Å². The van der Waals surface area contributed by atoms with Crippen LogP contribution in [0.25, 0.3) is 0 Å². The van der Waals surface area contributed by atoms with Crippen LogP contribution in [0, 0.1) is 5.92 Å². The number of rotatable bonds is 7. The van der Waals surface area contributed by atoms with E-state index in [0.29, 0.717) is 5.92 Å². The zero-order chi connectivity index (χ0) is 12.1. The van der Waals surface area contributed by atoms with Gasteiger partial charge in [-0.25, -0.2) is 0 Å². The largest absolute Gasteiger partial charge is 0.492 e. The Kier molecular flexibility index (Phi) is 4.37. The first-order valence-corrected chi connectivity index (χ1v) is 6.59. The molecule has 1 N–H and O–H groups in total. The highest BCUT2D eigenvalue weighted by Gasteiger charge is 2.19. The predicted molar refractivity (Wildman–Crippen MR) is 69.0 cm³/mol. The van der Waals surface area contributed by atoms with Crippen molar-refractivity contribution >= 4 is 0 Å². The van der Waals surface area contributed by atoms with E-state index in [-0.39, 0.29) is 0 Å². The number of ether oxygens (including phenoxy) is 1. The maximum Gasteiger partial charge on any atom is 0.137 e. The second-order valence-corrected chi connectivity index (χ2v) is 4.96. The van der Waals surface area contributed by atoms with Crippen LogP contribution in [-0.4, -0.2) is 17.6 Å². The number of hydrogen-bond donors (Lipinski definition) is 1. The van der Waals surface area contributed by atoms with Gasteiger partial charge in [-0.15, -0.1) is 0 Å². The number of hydrogen-bond acceptors (Lipinski definition) is 3. The first kappa shape index (κ1) is 12.4. The van der Waals surface area contributed by atoms with E-state index in [9.17, 15) is 0 Å². The molecular weight excluding hydrogens is 212 g/mol. The molecule has 1 saturated carbocycles. The molecule has 1 aromatic rings. The zero-order valence-corrected chi connectivity index (χ0v) is 10.8. The topological polar surface area (TPSA) is 34.1 Å². The summed E-state index contributed by atoms with van der Waals surface area (Å²) in [5.74, 6) is 1.48. The summed E-state index contributed by atoms with van der Waals surface area (Å²) in [5.41, 5.74) is 1.09. The van der Waals surface area contributed by atoms with Gasteiger partial charge < -0.3 is 10.1 Å². The molecule has 1 fully saturated rings. The second kappa shape index (κ2) is 6.01. The van der Waals surface area contributed by atoms with Crippen molar-refractivity contribution in [3.63, 3.8) is 0 Å². The van der Waals surface area contributed by atoms with Gasteiger partial charge in [0.25, 0.3) is 0 Å². The van der Waals surface area contributed by atoms with Crippen molar-refractivity contribution in [1.29, 1.82) is 0 Å². The maximum atomic E-state index is 5.67. The zero-order valence-electron chi connectivity index (χ0n) is 10.8. The Hall–Kier alpha value is -1.09. The molecule has 1 atom stereocenters. The van der Waals surface area contributed by atoms with E-state index in [1.54, 1.807) is 0 Å². The van der Waals surface area contributed by atoms with E-state index in [0.717, 1.165) is 37.1 Å². The highest BCUT2D eigenvalue weighted by Crippen LogP contribution is 2.19. The van der Waals surface area contributed by atoms with Gasteiger partial charge in [0.1, 0.15) is 5.75 Å². The Balaban J connectivity index is 1.75. The Morgan fingerprint density at radius 1 is 1.47 bits per heavy atom. The minimum absolute atomic E-state index is 0.603. The fourth-order valence-corrected chi connectivity index (χ4v) is 1.49. The summed E-state index contributed by atoms with van der Waals surface area (Å²) in [6, 6.07) is 4.79. The van der Waals surface area contributed by atoms with Crippen molar-refractivity contribution in [2.75, 3.05) is 6.61 Å². The van der Waals surface area contributed by atoms with Gasteiger partial charge in [-0.3, -0.25) is 4.98 Å². The highest BCUT2D eigenvalue weighted by molar-refractivity contribution is 5.19. The van der Waals surface area contributed by atoms with Crippen molar-refractivity contribution in [3.05, 3.63) is 24.0 Å². The lowest BCUT2D eigenvalue weighted by Crippen LogP contribution is -2.16. The molecule has 1 aromatic heterocycles. The average Bonchev–Trinajstić information content (AvgIpc) is 3.18. The minimum atomic E-state index is 0.603. The molecule has 0 bridgehead atoms. The Morgan fingerprint density at radius 2 is 2.29 bits per heavy atom. The molecular formula is C14H22N2O. The molecule has 1 unspecified atom stereocenters. The summed E-state index contributed by atoms with van der Waals surface area (Å²) in [4.78, 5) is 4.39. The summed E-state index contributed by atoms with van der Waals surface area (Å²) >= 11 is 0.